The van der Waals surface area contributed by atoms with Gasteiger partial charge in [0.2, 0.25) is 0 Å². The number of hydrogen-bond acceptors (Lipinski definition) is 1. The zero-order valence-electron chi connectivity index (χ0n) is 11.7. The lowest BCUT2D eigenvalue weighted by Gasteiger charge is -2.26. The summed E-state index contributed by atoms with van der Waals surface area (Å²) in [7, 11) is 0. The van der Waals surface area contributed by atoms with Crippen LogP contribution in [0.1, 0.15) is 57.4 Å². The molecule has 100 valence electrons. The molecular formula is C17H27N. The van der Waals surface area contributed by atoms with Crippen LogP contribution in [0.3, 0.4) is 0 Å². The van der Waals surface area contributed by atoms with E-state index in [2.05, 4.69) is 42.6 Å². The molecule has 1 atom stereocenters. The van der Waals surface area contributed by atoms with Crippen LogP contribution < -0.4 is 5.32 Å². The molecular weight excluding hydrogens is 218 g/mol. The number of rotatable bonds is 6. The van der Waals surface area contributed by atoms with Crippen LogP contribution in [-0.4, -0.2) is 6.04 Å². The molecule has 0 spiro atoms. The topological polar surface area (TPSA) is 12.0 Å². The number of hydrogen-bond donors (Lipinski definition) is 1. The molecule has 2 rings (SSSR count). The van der Waals surface area contributed by atoms with Gasteiger partial charge >= 0.3 is 0 Å². The second-order valence-electron chi connectivity index (χ2n) is 5.71. The molecule has 0 saturated heterocycles. The van der Waals surface area contributed by atoms with E-state index in [9.17, 15) is 0 Å². The summed E-state index contributed by atoms with van der Waals surface area (Å²) in [5, 5.41) is 3.73. The summed E-state index contributed by atoms with van der Waals surface area (Å²) in [6.45, 7) is 3.33. The van der Waals surface area contributed by atoms with Gasteiger partial charge < -0.3 is 5.32 Å². The Balaban J connectivity index is 1.74. The highest BCUT2D eigenvalue weighted by Crippen LogP contribution is 2.27. The van der Waals surface area contributed by atoms with E-state index in [1.54, 1.807) is 0 Å². The van der Waals surface area contributed by atoms with Gasteiger partial charge in [0.15, 0.2) is 0 Å². The highest BCUT2D eigenvalue weighted by Gasteiger charge is 2.17. The molecule has 1 aromatic rings. The van der Waals surface area contributed by atoms with E-state index in [0.29, 0.717) is 6.04 Å². The van der Waals surface area contributed by atoms with Crippen molar-refractivity contribution < 1.29 is 0 Å². The maximum atomic E-state index is 3.73. The van der Waals surface area contributed by atoms with Gasteiger partial charge in [0.05, 0.1) is 0 Å². The van der Waals surface area contributed by atoms with Crippen LogP contribution in [0.4, 0.5) is 0 Å². The van der Waals surface area contributed by atoms with Gasteiger partial charge in [-0.2, -0.15) is 0 Å². The lowest BCUT2D eigenvalue weighted by atomic mass is 9.84. The molecule has 1 unspecified atom stereocenters. The second kappa shape index (κ2) is 7.58. The average Bonchev–Trinajstić information content (AvgIpc) is 2.45. The molecule has 0 heterocycles. The minimum atomic E-state index is 0.702. The van der Waals surface area contributed by atoms with Crippen LogP contribution in [0, 0.1) is 5.92 Å². The van der Waals surface area contributed by atoms with Gasteiger partial charge in [-0.25, -0.2) is 0 Å². The van der Waals surface area contributed by atoms with Crippen molar-refractivity contribution in [2.45, 2.75) is 64.5 Å². The summed E-state index contributed by atoms with van der Waals surface area (Å²) in [5.41, 5.74) is 1.40. The van der Waals surface area contributed by atoms with Crippen molar-refractivity contribution in [3.8, 4) is 0 Å². The first-order chi connectivity index (χ1) is 8.88. The summed E-state index contributed by atoms with van der Waals surface area (Å²) in [5.74, 6) is 0.979. The predicted molar refractivity (Wildman–Crippen MR) is 78.6 cm³/mol. The Labute approximate surface area is 112 Å². The van der Waals surface area contributed by atoms with Crippen LogP contribution >= 0.6 is 0 Å². The van der Waals surface area contributed by atoms with Crippen LogP contribution in [-0.2, 0) is 6.54 Å². The predicted octanol–water partition coefficient (Wildman–Crippen LogP) is 4.53. The molecule has 1 saturated carbocycles. The Bertz CT molecular complexity index is 314. The normalized spacial score (nSPS) is 18.7. The highest BCUT2D eigenvalue weighted by molar-refractivity contribution is 5.14. The Morgan fingerprint density at radius 1 is 1.11 bits per heavy atom. The molecule has 0 aromatic heterocycles. The lowest BCUT2D eigenvalue weighted by Crippen LogP contribution is -2.30. The quantitative estimate of drug-likeness (QED) is 0.776. The van der Waals surface area contributed by atoms with Crippen molar-refractivity contribution >= 4 is 0 Å². The summed E-state index contributed by atoms with van der Waals surface area (Å²) in [6.07, 6.45) is 9.93. The fourth-order valence-corrected chi connectivity index (χ4v) is 3.08. The summed E-state index contributed by atoms with van der Waals surface area (Å²) >= 11 is 0. The van der Waals surface area contributed by atoms with Crippen molar-refractivity contribution in [2.24, 2.45) is 5.92 Å². The van der Waals surface area contributed by atoms with Gasteiger partial charge in [0.1, 0.15) is 0 Å². The standard InChI is InChI=1S/C17H27N/c1-2-17(13-15-9-5-3-6-10-15)18-14-16-11-7-4-8-12-16/h4,7-8,11-12,15,17-18H,2-3,5-6,9-10,13-14H2,1H3. The number of benzene rings is 1. The summed E-state index contributed by atoms with van der Waals surface area (Å²) in [4.78, 5) is 0. The third-order valence-corrected chi connectivity index (χ3v) is 4.27. The van der Waals surface area contributed by atoms with Gasteiger partial charge in [-0.05, 0) is 24.3 Å². The zero-order valence-corrected chi connectivity index (χ0v) is 11.7. The highest BCUT2D eigenvalue weighted by atomic mass is 14.9. The monoisotopic (exact) mass is 245 g/mol. The molecule has 0 amide bonds. The Hall–Kier alpha value is -0.820. The van der Waals surface area contributed by atoms with Crippen molar-refractivity contribution in [1.82, 2.24) is 5.32 Å². The van der Waals surface area contributed by atoms with Crippen molar-refractivity contribution in [3.05, 3.63) is 35.9 Å². The largest absolute Gasteiger partial charge is 0.310 e. The minimum Gasteiger partial charge on any atom is -0.310 e. The van der Waals surface area contributed by atoms with Crippen molar-refractivity contribution in [2.75, 3.05) is 0 Å². The molecule has 1 aliphatic carbocycles. The van der Waals surface area contributed by atoms with E-state index in [-0.39, 0.29) is 0 Å². The van der Waals surface area contributed by atoms with Gasteiger partial charge in [-0.1, -0.05) is 69.4 Å². The van der Waals surface area contributed by atoms with Crippen molar-refractivity contribution in [1.29, 1.82) is 0 Å². The molecule has 1 aromatic carbocycles. The van der Waals surface area contributed by atoms with E-state index in [1.165, 1.54) is 50.5 Å². The lowest BCUT2D eigenvalue weighted by molar-refractivity contribution is 0.293. The van der Waals surface area contributed by atoms with Crippen LogP contribution in [0.25, 0.3) is 0 Å². The second-order valence-corrected chi connectivity index (χ2v) is 5.71. The first kappa shape index (κ1) is 13.6. The van der Waals surface area contributed by atoms with Crippen LogP contribution in [0.5, 0.6) is 0 Å². The maximum Gasteiger partial charge on any atom is 0.0208 e. The summed E-state index contributed by atoms with van der Waals surface area (Å²) in [6, 6.07) is 11.5. The fourth-order valence-electron chi connectivity index (χ4n) is 3.08. The molecule has 0 bridgehead atoms. The van der Waals surface area contributed by atoms with Gasteiger partial charge in [0, 0.05) is 12.6 Å². The molecule has 0 aliphatic heterocycles. The van der Waals surface area contributed by atoms with Crippen LogP contribution in [0.15, 0.2) is 30.3 Å². The van der Waals surface area contributed by atoms with Gasteiger partial charge in [-0.3, -0.25) is 0 Å². The van der Waals surface area contributed by atoms with Crippen molar-refractivity contribution in [3.63, 3.8) is 0 Å². The molecule has 1 heteroatoms. The molecule has 1 aliphatic rings. The fraction of sp³-hybridized carbons (Fsp3) is 0.647. The smallest absolute Gasteiger partial charge is 0.0208 e. The maximum absolute atomic E-state index is 3.73. The molecule has 1 nitrogen and oxygen atoms in total. The molecule has 0 radical (unpaired) electrons. The third-order valence-electron chi connectivity index (χ3n) is 4.27. The zero-order chi connectivity index (χ0) is 12.6. The SMILES string of the molecule is CCC(CC1CCCCC1)NCc1ccccc1. The Morgan fingerprint density at radius 3 is 2.50 bits per heavy atom. The van der Waals surface area contributed by atoms with Gasteiger partial charge in [-0.15, -0.1) is 0 Å². The molecule has 1 N–H and O–H groups in total. The Morgan fingerprint density at radius 2 is 1.83 bits per heavy atom. The van der Waals surface area contributed by atoms with E-state index in [4.69, 9.17) is 0 Å². The minimum absolute atomic E-state index is 0.702. The van der Waals surface area contributed by atoms with E-state index >= 15 is 0 Å². The third kappa shape index (κ3) is 4.45. The van der Waals surface area contributed by atoms with Crippen LogP contribution in [0.2, 0.25) is 0 Å². The first-order valence-electron chi connectivity index (χ1n) is 7.65. The van der Waals surface area contributed by atoms with Gasteiger partial charge in [0.25, 0.3) is 0 Å². The Kier molecular flexibility index (Phi) is 5.73. The molecule has 1 fully saturated rings. The summed E-state index contributed by atoms with van der Waals surface area (Å²) < 4.78 is 0. The van der Waals surface area contributed by atoms with E-state index < -0.39 is 0 Å². The first-order valence-corrected chi connectivity index (χ1v) is 7.65. The number of nitrogens with one attached hydrogen (secondary N) is 1. The van der Waals surface area contributed by atoms with E-state index in [0.717, 1.165) is 12.5 Å². The average molecular weight is 245 g/mol. The van der Waals surface area contributed by atoms with E-state index in [1.807, 2.05) is 0 Å². The molecule has 18 heavy (non-hydrogen) atoms.